The van der Waals surface area contributed by atoms with Crippen LogP contribution in [-0.2, 0) is 0 Å². The summed E-state index contributed by atoms with van der Waals surface area (Å²) in [7, 11) is 0. The molecule has 0 atom stereocenters. The molecule has 2 aromatic heterocycles. The number of piperidine rings is 1. The first-order valence-electron chi connectivity index (χ1n) is 9.59. The lowest BCUT2D eigenvalue weighted by molar-refractivity contribution is 0.0708. The summed E-state index contributed by atoms with van der Waals surface area (Å²) in [4.78, 5) is 22.4. The minimum atomic E-state index is -0.302. The molecule has 152 valence electrons. The Morgan fingerprint density at radius 1 is 1.17 bits per heavy atom. The van der Waals surface area contributed by atoms with Crippen molar-refractivity contribution in [2.75, 3.05) is 13.1 Å². The molecule has 30 heavy (non-hydrogen) atoms. The number of carbonyl (C=O) groups is 1. The number of aromatic hydroxyl groups is 1. The van der Waals surface area contributed by atoms with Crippen LogP contribution in [0.15, 0.2) is 42.7 Å². The highest BCUT2D eigenvalue weighted by Gasteiger charge is 2.27. The van der Waals surface area contributed by atoms with Crippen LogP contribution in [0, 0.1) is 5.82 Å². The van der Waals surface area contributed by atoms with Crippen molar-refractivity contribution in [3.63, 3.8) is 0 Å². The molecule has 0 spiro atoms. The van der Waals surface area contributed by atoms with E-state index in [2.05, 4.69) is 25.5 Å². The van der Waals surface area contributed by atoms with Crippen LogP contribution in [-0.4, -0.2) is 59.2 Å². The van der Waals surface area contributed by atoms with Crippen molar-refractivity contribution in [3.05, 3.63) is 59.9 Å². The minimum Gasteiger partial charge on any atom is -0.507 e. The van der Waals surface area contributed by atoms with E-state index in [1.165, 1.54) is 29.2 Å². The predicted octanol–water partition coefficient (Wildman–Crippen LogP) is 2.40. The molecule has 2 N–H and O–H groups in total. The summed E-state index contributed by atoms with van der Waals surface area (Å²) >= 11 is 0. The maximum absolute atomic E-state index is 13.4. The number of aromatic nitrogens is 6. The Hall–Kier alpha value is -3.82. The van der Waals surface area contributed by atoms with Crippen molar-refractivity contribution < 1.29 is 14.3 Å². The summed E-state index contributed by atoms with van der Waals surface area (Å²) in [5.41, 5.74) is 2.21. The quantitative estimate of drug-likeness (QED) is 0.539. The Balaban J connectivity index is 1.28. The van der Waals surface area contributed by atoms with Gasteiger partial charge in [0.1, 0.15) is 23.7 Å². The fraction of sp³-hybridized carbons (Fsp3) is 0.250. The summed E-state index contributed by atoms with van der Waals surface area (Å²) in [6, 6.07) is 9.21. The minimum absolute atomic E-state index is 0.116. The third-order valence-corrected chi connectivity index (χ3v) is 5.46. The van der Waals surface area contributed by atoms with E-state index >= 15 is 0 Å². The topological polar surface area (TPSA) is 113 Å². The molecule has 5 rings (SSSR count). The normalized spacial score (nSPS) is 15.0. The van der Waals surface area contributed by atoms with E-state index in [1.54, 1.807) is 23.1 Å². The number of hydrogen-bond donors (Lipinski definition) is 2. The standard InChI is InChI=1S/C20H18FN7O2/c21-13-1-4-16-17(9-13)24-19(23-16)12-5-7-27(8-6-12)20(30)15-3-2-14(10-18(15)29)28-11-22-25-26-28/h1-4,9-12,29H,5-8H2,(H,23,24). The van der Waals surface area contributed by atoms with Gasteiger partial charge in [0.2, 0.25) is 0 Å². The van der Waals surface area contributed by atoms with Crippen molar-refractivity contribution in [2.24, 2.45) is 0 Å². The number of fused-ring (bicyclic) bond motifs is 1. The molecule has 0 bridgehead atoms. The number of halogens is 1. The molecule has 10 heteroatoms. The molecule has 1 saturated heterocycles. The van der Waals surface area contributed by atoms with E-state index < -0.39 is 0 Å². The van der Waals surface area contributed by atoms with Crippen molar-refractivity contribution in [2.45, 2.75) is 18.8 Å². The van der Waals surface area contributed by atoms with Gasteiger partial charge in [0, 0.05) is 25.1 Å². The number of phenols is 1. The number of nitrogens with zero attached hydrogens (tertiary/aromatic N) is 6. The summed E-state index contributed by atoms with van der Waals surface area (Å²) < 4.78 is 14.8. The van der Waals surface area contributed by atoms with E-state index in [0.29, 0.717) is 24.3 Å². The average Bonchev–Trinajstić information content (AvgIpc) is 3.43. The van der Waals surface area contributed by atoms with E-state index in [9.17, 15) is 14.3 Å². The van der Waals surface area contributed by atoms with Gasteiger partial charge in [-0.1, -0.05) is 0 Å². The number of phenolic OH excluding ortho intramolecular Hbond substituents is 1. The molecule has 1 fully saturated rings. The molecule has 2 aromatic carbocycles. The van der Waals surface area contributed by atoms with Crippen LogP contribution in [0.5, 0.6) is 5.75 Å². The monoisotopic (exact) mass is 407 g/mol. The molecule has 0 saturated carbocycles. The number of benzene rings is 2. The molecule has 1 amide bonds. The van der Waals surface area contributed by atoms with Gasteiger partial charge in [-0.3, -0.25) is 4.79 Å². The first kappa shape index (κ1) is 18.2. The Labute approximate surface area is 170 Å². The first-order valence-corrected chi connectivity index (χ1v) is 9.59. The number of rotatable bonds is 3. The lowest BCUT2D eigenvalue weighted by Gasteiger charge is -2.31. The highest BCUT2D eigenvalue weighted by Crippen LogP contribution is 2.30. The molecule has 3 heterocycles. The van der Waals surface area contributed by atoms with Gasteiger partial charge in [-0.15, -0.1) is 5.10 Å². The van der Waals surface area contributed by atoms with Gasteiger partial charge in [-0.25, -0.2) is 14.1 Å². The van der Waals surface area contributed by atoms with Gasteiger partial charge in [0.15, 0.2) is 0 Å². The average molecular weight is 407 g/mol. The van der Waals surface area contributed by atoms with Crippen LogP contribution in [0.4, 0.5) is 4.39 Å². The van der Waals surface area contributed by atoms with Gasteiger partial charge < -0.3 is 15.0 Å². The number of aromatic amines is 1. The fourth-order valence-corrected chi connectivity index (χ4v) is 3.84. The number of amides is 1. The zero-order valence-corrected chi connectivity index (χ0v) is 15.9. The lowest BCUT2D eigenvalue weighted by atomic mass is 9.95. The van der Waals surface area contributed by atoms with E-state index in [4.69, 9.17) is 0 Å². The predicted molar refractivity (Wildman–Crippen MR) is 105 cm³/mol. The van der Waals surface area contributed by atoms with Crippen molar-refractivity contribution in [1.82, 2.24) is 35.1 Å². The number of tetrazole rings is 1. The number of likely N-dealkylation sites (tertiary alicyclic amines) is 1. The van der Waals surface area contributed by atoms with Gasteiger partial charge in [0.25, 0.3) is 5.91 Å². The molecule has 0 unspecified atom stereocenters. The smallest absolute Gasteiger partial charge is 0.257 e. The molecule has 9 nitrogen and oxygen atoms in total. The molecule has 1 aliphatic heterocycles. The van der Waals surface area contributed by atoms with Gasteiger partial charge in [-0.05, 0) is 53.6 Å². The molecular weight excluding hydrogens is 389 g/mol. The third kappa shape index (κ3) is 3.25. The maximum Gasteiger partial charge on any atom is 0.257 e. The second kappa shape index (κ2) is 7.21. The number of carbonyl (C=O) groups excluding carboxylic acids is 1. The molecular formula is C20H18FN7O2. The third-order valence-electron chi connectivity index (χ3n) is 5.46. The van der Waals surface area contributed by atoms with E-state index in [0.717, 1.165) is 24.2 Å². The van der Waals surface area contributed by atoms with Crippen molar-refractivity contribution in [1.29, 1.82) is 0 Å². The molecule has 4 aromatic rings. The molecule has 0 aliphatic carbocycles. The highest BCUT2D eigenvalue weighted by atomic mass is 19.1. The second-order valence-electron chi connectivity index (χ2n) is 7.31. The van der Waals surface area contributed by atoms with Crippen LogP contribution < -0.4 is 0 Å². The van der Waals surface area contributed by atoms with Crippen LogP contribution in [0.1, 0.15) is 34.9 Å². The number of nitrogens with one attached hydrogen (secondary N) is 1. The Bertz CT molecular complexity index is 1210. The molecule has 1 aliphatic rings. The summed E-state index contributed by atoms with van der Waals surface area (Å²) in [6.45, 7) is 1.09. The Morgan fingerprint density at radius 2 is 2.00 bits per heavy atom. The van der Waals surface area contributed by atoms with Gasteiger partial charge in [0.05, 0.1) is 22.3 Å². The van der Waals surface area contributed by atoms with Crippen molar-refractivity contribution >= 4 is 16.9 Å². The number of hydrogen-bond acceptors (Lipinski definition) is 6. The van der Waals surface area contributed by atoms with Gasteiger partial charge >= 0.3 is 0 Å². The van der Waals surface area contributed by atoms with Crippen LogP contribution in [0.25, 0.3) is 16.7 Å². The fourth-order valence-electron chi connectivity index (χ4n) is 3.84. The maximum atomic E-state index is 13.4. The number of imidazole rings is 1. The zero-order chi connectivity index (χ0) is 20.7. The van der Waals surface area contributed by atoms with Crippen LogP contribution >= 0.6 is 0 Å². The SMILES string of the molecule is O=C(c1ccc(-n2cnnn2)cc1O)N1CCC(c2nc3ccc(F)cc3[nH]2)CC1. The van der Waals surface area contributed by atoms with E-state index in [-0.39, 0.29) is 29.0 Å². The Morgan fingerprint density at radius 3 is 2.73 bits per heavy atom. The summed E-state index contributed by atoms with van der Waals surface area (Å²) in [5.74, 6) is 0.344. The van der Waals surface area contributed by atoms with Gasteiger partial charge in [-0.2, -0.15) is 0 Å². The summed E-state index contributed by atoms with van der Waals surface area (Å²) in [5, 5.41) is 21.2. The number of H-pyrrole nitrogens is 1. The molecule has 0 radical (unpaired) electrons. The highest BCUT2D eigenvalue weighted by molar-refractivity contribution is 5.97. The van der Waals surface area contributed by atoms with Crippen molar-refractivity contribution in [3.8, 4) is 11.4 Å². The first-order chi connectivity index (χ1) is 14.6. The summed E-state index contributed by atoms with van der Waals surface area (Å²) in [6.07, 6.45) is 2.88. The largest absolute Gasteiger partial charge is 0.507 e. The second-order valence-corrected chi connectivity index (χ2v) is 7.31. The van der Waals surface area contributed by atoms with E-state index in [1.807, 2.05) is 0 Å². The lowest BCUT2D eigenvalue weighted by Crippen LogP contribution is -2.38. The van der Waals surface area contributed by atoms with Crippen LogP contribution in [0.3, 0.4) is 0 Å². The van der Waals surface area contributed by atoms with Crippen LogP contribution in [0.2, 0.25) is 0 Å². The Kier molecular flexibility index (Phi) is 4.38. The zero-order valence-electron chi connectivity index (χ0n) is 15.9.